The Labute approximate surface area is 193 Å². The van der Waals surface area contributed by atoms with Crippen LogP contribution in [0, 0.1) is 0 Å². The molecule has 10 nitrogen and oxygen atoms in total. The molecule has 2 aromatic rings. The Bertz CT molecular complexity index is 898. The molecule has 0 atom stereocenters. The average molecular weight is 477 g/mol. The van der Waals surface area contributed by atoms with Gasteiger partial charge in [-0.05, 0) is 24.3 Å². The fourth-order valence-corrected chi connectivity index (χ4v) is 5.00. The van der Waals surface area contributed by atoms with Gasteiger partial charge in [0.1, 0.15) is 0 Å². The standard InChI is InChI=1S/C20H24N6O4S2/c27-19(23-21-13-15-1-3-17(31-15)25-5-9-29-10-6-25)20(28)24-22-14-16-2-4-18(32-16)26-7-11-30-12-8-26/h1-4,13-14H,5-12H2,(H,23,27)(H,24,28). The summed E-state index contributed by atoms with van der Waals surface area (Å²) in [5.74, 6) is -1.77. The van der Waals surface area contributed by atoms with E-state index < -0.39 is 11.8 Å². The number of hydrogen-bond acceptors (Lipinski definition) is 10. The first-order valence-corrected chi connectivity index (χ1v) is 11.8. The van der Waals surface area contributed by atoms with Crippen molar-refractivity contribution >= 4 is 56.9 Å². The molecular weight excluding hydrogens is 452 g/mol. The third-order valence-electron chi connectivity index (χ3n) is 4.79. The van der Waals surface area contributed by atoms with Crippen molar-refractivity contribution in [2.24, 2.45) is 10.2 Å². The van der Waals surface area contributed by atoms with Crippen molar-refractivity contribution in [1.29, 1.82) is 0 Å². The van der Waals surface area contributed by atoms with Gasteiger partial charge in [0.05, 0.1) is 48.9 Å². The van der Waals surface area contributed by atoms with Crippen molar-refractivity contribution in [3.8, 4) is 0 Å². The van der Waals surface area contributed by atoms with Gasteiger partial charge in [0, 0.05) is 35.9 Å². The number of morpholine rings is 2. The summed E-state index contributed by atoms with van der Waals surface area (Å²) in [6, 6.07) is 7.86. The Morgan fingerprint density at radius 1 is 0.750 bits per heavy atom. The van der Waals surface area contributed by atoms with E-state index in [0.717, 1.165) is 72.4 Å². The van der Waals surface area contributed by atoms with Crippen molar-refractivity contribution in [1.82, 2.24) is 10.9 Å². The smallest absolute Gasteiger partial charge is 0.331 e. The number of hydrazone groups is 2. The fraction of sp³-hybridized carbons (Fsp3) is 0.400. The number of anilines is 2. The first-order chi connectivity index (χ1) is 15.7. The van der Waals surface area contributed by atoms with Gasteiger partial charge < -0.3 is 19.3 Å². The molecule has 2 amide bonds. The lowest BCUT2D eigenvalue weighted by molar-refractivity contribution is -0.139. The van der Waals surface area contributed by atoms with Gasteiger partial charge in [-0.15, -0.1) is 22.7 Å². The van der Waals surface area contributed by atoms with Gasteiger partial charge in [-0.3, -0.25) is 9.59 Å². The summed E-state index contributed by atoms with van der Waals surface area (Å²) < 4.78 is 10.7. The lowest BCUT2D eigenvalue weighted by atomic mass is 10.4. The van der Waals surface area contributed by atoms with Crippen LogP contribution in [0.15, 0.2) is 34.5 Å². The highest BCUT2D eigenvalue weighted by Crippen LogP contribution is 2.26. The van der Waals surface area contributed by atoms with E-state index in [4.69, 9.17) is 9.47 Å². The molecule has 0 aromatic carbocycles. The molecule has 32 heavy (non-hydrogen) atoms. The number of carbonyl (C=O) groups excluding carboxylic acids is 2. The normalized spacial score (nSPS) is 17.2. The molecule has 4 rings (SSSR count). The molecule has 0 radical (unpaired) electrons. The SMILES string of the molecule is O=C(NN=Cc1ccc(N2CCOCC2)s1)C(=O)NN=Cc1ccc(N2CCOCC2)s1. The number of rotatable bonds is 6. The van der Waals surface area contributed by atoms with E-state index in [1.165, 1.54) is 12.4 Å². The van der Waals surface area contributed by atoms with Crippen molar-refractivity contribution in [2.45, 2.75) is 0 Å². The highest BCUT2D eigenvalue weighted by molar-refractivity contribution is 7.18. The van der Waals surface area contributed by atoms with Crippen LogP contribution in [0.1, 0.15) is 9.75 Å². The first-order valence-electron chi connectivity index (χ1n) is 10.2. The highest BCUT2D eigenvalue weighted by Gasteiger charge is 2.15. The maximum Gasteiger partial charge on any atom is 0.331 e. The monoisotopic (exact) mass is 476 g/mol. The fourth-order valence-electron chi connectivity index (χ4n) is 3.14. The third kappa shape index (κ3) is 6.13. The molecule has 2 saturated heterocycles. The zero-order chi connectivity index (χ0) is 22.2. The van der Waals surface area contributed by atoms with E-state index in [2.05, 4.69) is 30.9 Å². The maximum atomic E-state index is 11.9. The molecule has 170 valence electrons. The highest BCUT2D eigenvalue weighted by atomic mass is 32.1. The second-order valence-corrected chi connectivity index (χ2v) is 9.14. The molecule has 0 unspecified atom stereocenters. The summed E-state index contributed by atoms with van der Waals surface area (Å²) in [6.45, 7) is 6.30. The van der Waals surface area contributed by atoms with E-state index in [-0.39, 0.29) is 0 Å². The van der Waals surface area contributed by atoms with E-state index in [9.17, 15) is 9.59 Å². The van der Waals surface area contributed by atoms with Crippen LogP contribution in [0.2, 0.25) is 0 Å². The molecule has 0 bridgehead atoms. The lowest BCUT2D eigenvalue weighted by Crippen LogP contribution is -2.35. The van der Waals surface area contributed by atoms with E-state index >= 15 is 0 Å². The minimum atomic E-state index is -0.886. The van der Waals surface area contributed by atoms with Crippen LogP contribution >= 0.6 is 22.7 Å². The summed E-state index contributed by atoms with van der Waals surface area (Å²) in [7, 11) is 0. The zero-order valence-corrected chi connectivity index (χ0v) is 19.0. The number of amides is 2. The van der Waals surface area contributed by atoms with Gasteiger partial charge in [0.25, 0.3) is 0 Å². The minimum absolute atomic E-state index is 0.719. The molecule has 4 heterocycles. The third-order valence-corrected chi connectivity index (χ3v) is 6.95. The van der Waals surface area contributed by atoms with E-state index in [1.54, 1.807) is 22.7 Å². The zero-order valence-electron chi connectivity index (χ0n) is 17.4. The van der Waals surface area contributed by atoms with Crippen LogP contribution in [-0.2, 0) is 19.1 Å². The van der Waals surface area contributed by atoms with Crippen molar-refractivity contribution in [2.75, 3.05) is 62.4 Å². The quantitative estimate of drug-likeness (QED) is 0.367. The topological polar surface area (TPSA) is 108 Å². The van der Waals surface area contributed by atoms with Crippen molar-refractivity contribution < 1.29 is 19.1 Å². The summed E-state index contributed by atoms with van der Waals surface area (Å²) >= 11 is 3.12. The largest absolute Gasteiger partial charge is 0.378 e. The summed E-state index contributed by atoms with van der Waals surface area (Å²) in [5, 5.41) is 9.96. The van der Waals surface area contributed by atoms with Crippen LogP contribution in [0.3, 0.4) is 0 Å². The summed E-state index contributed by atoms with van der Waals surface area (Å²) in [5.41, 5.74) is 4.43. The van der Waals surface area contributed by atoms with Gasteiger partial charge in [0.15, 0.2) is 0 Å². The predicted molar refractivity (Wildman–Crippen MR) is 126 cm³/mol. The Morgan fingerprint density at radius 3 is 1.56 bits per heavy atom. The van der Waals surface area contributed by atoms with Crippen LogP contribution in [0.5, 0.6) is 0 Å². The minimum Gasteiger partial charge on any atom is -0.378 e. The Hall–Kier alpha value is -2.80. The van der Waals surface area contributed by atoms with Crippen molar-refractivity contribution in [3.63, 3.8) is 0 Å². The second kappa shape index (κ2) is 11.2. The number of hydrogen-bond donors (Lipinski definition) is 2. The lowest BCUT2D eigenvalue weighted by Gasteiger charge is -2.27. The van der Waals surface area contributed by atoms with Crippen LogP contribution in [-0.4, -0.2) is 76.9 Å². The number of thiophene rings is 2. The molecule has 2 aromatic heterocycles. The predicted octanol–water partition coefficient (Wildman–Crippen LogP) is 1.08. The molecule has 2 N–H and O–H groups in total. The van der Waals surface area contributed by atoms with Crippen molar-refractivity contribution in [3.05, 3.63) is 34.0 Å². The van der Waals surface area contributed by atoms with E-state index in [0.29, 0.717) is 0 Å². The Kier molecular flexibility index (Phi) is 7.82. The molecule has 2 aliphatic rings. The number of nitrogens with zero attached hydrogens (tertiary/aromatic N) is 4. The maximum absolute atomic E-state index is 11.9. The van der Waals surface area contributed by atoms with Gasteiger partial charge in [-0.25, -0.2) is 10.9 Å². The number of ether oxygens (including phenoxy) is 2. The van der Waals surface area contributed by atoms with Gasteiger partial charge in [-0.2, -0.15) is 10.2 Å². The van der Waals surface area contributed by atoms with Gasteiger partial charge in [0.2, 0.25) is 0 Å². The number of nitrogens with one attached hydrogen (secondary N) is 2. The summed E-state index contributed by atoms with van der Waals surface area (Å²) in [4.78, 5) is 30.0. The molecule has 0 saturated carbocycles. The van der Waals surface area contributed by atoms with Crippen LogP contribution in [0.4, 0.5) is 10.0 Å². The molecule has 2 aliphatic heterocycles. The van der Waals surface area contributed by atoms with Crippen LogP contribution < -0.4 is 20.7 Å². The molecule has 0 aliphatic carbocycles. The van der Waals surface area contributed by atoms with Crippen LogP contribution in [0.25, 0.3) is 0 Å². The average Bonchev–Trinajstić information content (AvgIpc) is 3.50. The molecule has 12 heteroatoms. The van der Waals surface area contributed by atoms with Gasteiger partial charge >= 0.3 is 11.8 Å². The molecule has 0 spiro atoms. The van der Waals surface area contributed by atoms with Gasteiger partial charge in [-0.1, -0.05) is 0 Å². The summed E-state index contributed by atoms with van der Waals surface area (Å²) in [6.07, 6.45) is 3.03. The Morgan fingerprint density at radius 2 is 1.16 bits per heavy atom. The number of carbonyl (C=O) groups is 2. The Balaban J connectivity index is 1.21. The molecular formula is C20H24N6O4S2. The molecule has 2 fully saturated rings. The second-order valence-electron chi connectivity index (χ2n) is 6.95. The van der Waals surface area contributed by atoms with E-state index in [1.807, 2.05) is 24.3 Å². The first kappa shape index (κ1) is 22.4.